The molecule has 0 aliphatic carbocycles. The lowest BCUT2D eigenvalue weighted by atomic mass is 10.1. The van der Waals surface area contributed by atoms with Crippen LogP contribution in [0.25, 0.3) is 11.0 Å². The number of anilines is 1. The van der Waals surface area contributed by atoms with Gasteiger partial charge in [0.1, 0.15) is 23.6 Å². The van der Waals surface area contributed by atoms with Crippen LogP contribution in [-0.4, -0.2) is 37.8 Å². The highest BCUT2D eigenvalue weighted by molar-refractivity contribution is 6.04. The fourth-order valence-corrected chi connectivity index (χ4v) is 3.59. The first-order valence-corrected chi connectivity index (χ1v) is 9.27. The molecule has 2 aromatic heterocycles. The molecule has 1 aromatic carbocycles. The number of nitrogens with two attached hydrogens (primary N) is 1. The van der Waals surface area contributed by atoms with Crippen molar-refractivity contribution in [3.8, 4) is 5.75 Å². The first kappa shape index (κ1) is 18.0. The lowest BCUT2D eigenvalue weighted by Crippen LogP contribution is -2.25. The van der Waals surface area contributed by atoms with Crippen LogP contribution in [0.3, 0.4) is 0 Å². The number of primary amides is 1. The number of nitrogens with one attached hydrogen (secondary N) is 1. The summed E-state index contributed by atoms with van der Waals surface area (Å²) in [5, 5.41) is 7.23. The minimum Gasteiger partial charge on any atom is -0.489 e. The van der Waals surface area contributed by atoms with Crippen LogP contribution in [-0.2, 0) is 6.54 Å². The van der Waals surface area contributed by atoms with Crippen LogP contribution in [0.1, 0.15) is 52.9 Å². The largest absolute Gasteiger partial charge is 0.489 e. The number of ether oxygens (including phenoxy) is 1. The molecule has 1 atom stereocenters. The van der Waals surface area contributed by atoms with E-state index < -0.39 is 5.91 Å². The molecule has 0 bridgehead atoms. The summed E-state index contributed by atoms with van der Waals surface area (Å²) >= 11 is 0. The van der Waals surface area contributed by atoms with Crippen LogP contribution >= 0.6 is 0 Å². The minimum absolute atomic E-state index is 0.0186. The Morgan fingerprint density at radius 1 is 1.32 bits per heavy atom. The van der Waals surface area contributed by atoms with Crippen LogP contribution in [0.4, 0.5) is 5.95 Å². The molecule has 4 rings (SSSR count). The highest BCUT2D eigenvalue weighted by Crippen LogP contribution is 2.38. The van der Waals surface area contributed by atoms with Crippen molar-refractivity contribution in [3.05, 3.63) is 35.2 Å². The summed E-state index contributed by atoms with van der Waals surface area (Å²) in [7, 11) is 0. The van der Waals surface area contributed by atoms with Crippen molar-refractivity contribution < 1.29 is 14.3 Å². The van der Waals surface area contributed by atoms with Crippen molar-refractivity contribution >= 4 is 28.8 Å². The molecule has 0 fully saturated rings. The van der Waals surface area contributed by atoms with E-state index in [9.17, 15) is 9.59 Å². The Morgan fingerprint density at radius 3 is 2.79 bits per heavy atom. The Balaban J connectivity index is 1.82. The van der Waals surface area contributed by atoms with Gasteiger partial charge >= 0.3 is 0 Å². The van der Waals surface area contributed by atoms with E-state index in [-0.39, 0.29) is 11.9 Å². The number of hydrogen-bond acceptors (Lipinski definition) is 5. The lowest BCUT2D eigenvalue weighted by Gasteiger charge is -2.26. The third-order valence-electron chi connectivity index (χ3n) is 4.96. The maximum Gasteiger partial charge on any atom is 0.276 e. The minimum atomic E-state index is -0.554. The third-order valence-corrected chi connectivity index (χ3v) is 4.96. The van der Waals surface area contributed by atoms with Gasteiger partial charge in [-0.25, -0.2) is 4.98 Å². The standard InChI is InChI=1S/C19H22N6O3/c1-4-12-9-28-15-8-11(17(20)26)7-13-16(15)25(12)19(21-13)22-18(27)14-6-10(3)23-24(14)5-2/h6-8,12H,4-5,9H2,1-3H3,(H2,20,26)(H,21,22,27)/t12-/m0/s1. The van der Waals surface area contributed by atoms with E-state index >= 15 is 0 Å². The Hall–Kier alpha value is -3.36. The fourth-order valence-electron chi connectivity index (χ4n) is 3.59. The number of carbonyl (C=O) groups is 2. The zero-order valence-corrected chi connectivity index (χ0v) is 16.0. The molecule has 3 aromatic rings. The number of aromatic nitrogens is 4. The lowest BCUT2D eigenvalue weighted by molar-refractivity contribution is 0.0995. The van der Waals surface area contributed by atoms with Gasteiger partial charge in [-0.3, -0.25) is 19.6 Å². The smallest absolute Gasteiger partial charge is 0.276 e. The van der Waals surface area contributed by atoms with Crippen LogP contribution in [0.5, 0.6) is 5.75 Å². The predicted octanol–water partition coefficient (Wildman–Crippen LogP) is 2.26. The highest BCUT2D eigenvalue weighted by atomic mass is 16.5. The van der Waals surface area contributed by atoms with Crippen LogP contribution in [0, 0.1) is 6.92 Å². The maximum atomic E-state index is 12.9. The number of hydrogen-bond donors (Lipinski definition) is 2. The summed E-state index contributed by atoms with van der Waals surface area (Å²) in [5.41, 5.74) is 8.29. The number of carbonyl (C=O) groups excluding carboxylic acids is 2. The molecule has 0 spiro atoms. The second kappa shape index (κ2) is 6.66. The van der Waals surface area contributed by atoms with E-state index in [1.165, 1.54) is 0 Å². The van der Waals surface area contributed by atoms with E-state index in [1.54, 1.807) is 22.9 Å². The first-order valence-electron chi connectivity index (χ1n) is 9.27. The molecule has 9 nitrogen and oxygen atoms in total. The Kier molecular flexibility index (Phi) is 4.29. The number of aryl methyl sites for hydroxylation is 2. The molecular formula is C19H22N6O3. The average molecular weight is 382 g/mol. The van der Waals surface area contributed by atoms with Gasteiger partial charge in [0.2, 0.25) is 11.9 Å². The van der Waals surface area contributed by atoms with E-state index in [0.717, 1.165) is 17.6 Å². The monoisotopic (exact) mass is 382 g/mol. The number of amides is 2. The van der Waals surface area contributed by atoms with Crippen LogP contribution < -0.4 is 15.8 Å². The molecule has 2 amide bonds. The molecule has 1 aliphatic heterocycles. The molecule has 1 aliphatic rings. The van der Waals surface area contributed by atoms with Crippen molar-refractivity contribution in [1.82, 2.24) is 19.3 Å². The molecule has 0 saturated heterocycles. The van der Waals surface area contributed by atoms with Gasteiger partial charge < -0.3 is 15.0 Å². The van der Waals surface area contributed by atoms with E-state index in [2.05, 4.69) is 15.4 Å². The zero-order chi connectivity index (χ0) is 20.0. The van der Waals surface area contributed by atoms with Gasteiger partial charge in [-0.15, -0.1) is 0 Å². The second-order valence-electron chi connectivity index (χ2n) is 6.83. The molecule has 3 heterocycles. The topological polar surface area (TPSA) is 117 Å². The van der Waals surface area contributed by atoms with Crippen molar-refractivity contribution in [3.63, 3.8) is 0 Å². The van der Waals surface area contributed by atoms with E-state index in [0.29, 0.717) is 41.6 Å². The SMILES string of the molecule is CC[C@H]1COc2cc(C(N)=O)cc3nc(NC(=O)c4cc(C)nn4CC)n1c23. The molecule has 28 heavy (non-hydrogen) atoms. The van der Waals surface area contributed by atoms with Gasteiger partial charge in [0.15, 0.2) is 0 Å². The van der Waals surface area contributed by atoms with Gasteiger partial charge in [-0.2, -0.15) is 5.10 Å². The zero-order valence-electron chi connectivity index (χ0n) is 16.0. The van der Waals surface area contributed by atoms with E-state index in [4.69, 9.17) is 10.5 Å². The van der Waals surface area contributed by atoms with Gasteiger partial charge in [-0.05, 0) is 38.5 Å². The quantitative estimate of drug-likeness (QED) is 0.702. The Labute approximate surface area is 161 Å². The van der Waals surface area contributed by atoms with Crippen molar-refractivity contribution in [2.45, 2.75) is 39.8 Å². The van der Waals surface area contributed by atoms with Crippen molar-refractivity contribution in [2.24, 2.45) is 5.73 Å². The summed E-state index contributed by atoms with van der Waals surface area (Å²) in [6.45, 7) is 6.83. The van der Waals surface area contributed by atoms with Gasteiger partial charge in [0.25, 0.3) is 5.91 Å². The molecule has 0 saturated carbocycles. The molecule has 146 valence electrons. The summed E-state index contributed by atoms with van der Waals surface area (Å²) in [6.07, 6.45) is 0.803. The molecule has 0 radical (unpaired) electrons. The summed E-state index contributed by atoms with van der Waals surface area (Å²) in [5.74, 6) is 0.117. The third kappa shape index (κ3) is 2.79. The Bertz CT molecular complexity index is 1100. The highest BCUT2D eigenvalue weighted by Gasteiger charge is 2.28. The number of rotatable bonds is 5. The number of benzene rings is 1. The normalized spacial score (nSPS) is 15.5. The second-order valence-corrected chi connectivity index (χ2v) is 6.83. The maximum absolute atomic E-state index is 12.9. The molecule has 3 N–H and O–H groups in total. The first-order chi connectivity index (χ1) is 13.4. The predicted molar refractivity (Wildman–Crippen MR) is 104 cm³/mol. The van der Waals surface area contributed by atoms with Crippen LogP contribution in [0.15, 0.2) is 18.2 Å². The average Bonchev–Trinajstić information content (AvgIpc) is 3.23. The molecule has 9 heteroatoms. The fraction of sp³-hybridized carbons (Fsp3) is 0.368. The van der Waals surface area contributed by atoms with Gasteiger partial charge in [-0.1, -0.05) is 6.92 Å². The molecule has 0 unspecified atom stereocenters. The number of nitrogens with zero attached hydrogens (tertiary/aromatic N) is 4. The number of imidazole rings is 1. The molecular weight excluding hydrogens is 360 g/mol. The van der Waals surface area contributed by atoms with E-state index in [1.807, 2.05) is 25.3 Å². The summed E-state index contributed by atoms with van der Waals surface area (Å²) in [6, 6.07) is 5.00. The Morgan fingerprint density at radius 2 is 2.11 bits per heavy atom. The van der Waals surface area contributed by atoms with Crippen molar-refractivity contribution in [2.75, 3.05) is 11.9 Å². The summed E-state index contributed by atoms with van der Waals surface area (Å²) in [4.78, 5) is 29.1. The van der Waals surface area contributed by atoms with Gasteiger partial charge in [0, 0.05) is 12.1 Å². The van der Waals surface area contributed by atoms with Gasteiger partial charge in [0.05, 0.1) is 17.3 Å². The summed E-state index contributed by atoms with van der Waals surface area (Å²) < 4.78 is 9.46. The van der Waals surface area contributed by atoms with Crippen LogP contribution in [0.2, 0.25) is 0 Å². The van der Waals surface area contributed by atoms with Crippen molar-refractivity contribution in [1.29, 1.82) is 0 Å².